The van der Waals surface area contributed by atoms with Gasteiger partial charge in [0, 0.05) is 23.5 Å². The van der Waals surface area contributed by atoms with E-state index in [1.54, 1.807) is 0 Å². The zero-order valence-corrected chi connectivity index (χ0v) is 18.2. The molecule has 3 aromatic rings. The molecule has 29 heavy (non-hydrogen) atoms. The highest BCUT2D eigenvalue weighted by Crippen LogP contribution is 2.24. The number of nitrogens with zero attached hydrogens (tertiary/aromatic N) is 3. The van der Waals surface area contributed by atoms with Gasteiger partial charge < -0.3 is 0 Å². The molecule has 2 aromatic heterocycles. The topological polar surface area (TPSA) is 30.7 Å². The highest BCUT2D eigenvalue weighted by atomic mass is 15.1. The average molecular weight is 392 g/mol. The van der Waals surface area contributed by atoms with Gasteiger partial charge in [-0.25, -0.2) is 9.97 Å². The Hall–Kier alpha value is -2.16. The third kappa shape index (κ3) is 6.69. The number of rotatable bonds is 14. The Kier molecular flexibility index (Phi) is 9.22. The smallest absolute Gasteiger partial charge is 0.234 e. The fourth-order valence-electron chi connectivity index (χ4n) is 4.19. The number of para-hydroxylation sites is 1. The minimum absolute atomic E-state index is 0.780. The number of aromatic nitrogens is 3. The molecule has 1 aromatic carbocycles. The molecule has 0 aliphatic rings. The Labute approximate surface area is 176 Å². The number of aryl methyl sites for hydroxylation is 1. The number of hydrogen-bond donors (Lipinski definition) is 0. The van der Waals surface area contributed by atoms with Crippen molar-refractivity contribution in [3.63, 3.8) is 0 Å². The highest BCUT2D eigenvalue weighted by molar-refractivity contribution is 5.82. The Bertz CT molecular complexity index is 822. The molecule has 3 nitrogen and oxygen atoms in total. The second kappa shape index (κ2) is 12.4. The average Bonchev–Trinajstić information content (AvgIpc) is 3.13. The highest BCUT2D eigenvalue weighted by Gasteiger charge is 2.11. The van der Waals surface area contributed by atoms with E-state index in [1.807, 2.05) is 18.5 Å². The maximum absolute atomic E-state index is 4.49. The van der Waals surface area contributed by atoms with E-state index in [4.69, 9.17) is 0 Å². The number of unbranched alkanes of at least 4 members (excludes halogenated alkanes) is 11. The maximum Gasteiger partial charge on any atom is 0.234 e. The van der Waals surface area contributed by atoms with Crippen LogP contribution >= 0.6 is 0 Å². The first-order valence-electron chi connectivity index (χ1n) is 11.8. The third-order valence-corrected chi connectivity index (χ3v) is 5.83. The molecule has 0 aliphatic carbocycles. The fraction of sp³-hybridized carbons (Fsp3) is 0.538. The molecule has 2 heterocycles. The molecule has 0 N–H and O–H groups in total. The standard InChI is InChI=1S/C26H37N3/c1-2-3-4-5-6-7-8-9-10-11-12-13-18-24-22-23-17-14-15-19-25(23)29(24)26-27-20-16-21-28-26/h14-17,19-22H,2-13,18H2,1H3. The first-order chi connectivity index (χ1) is 14.4. The lowest BCUT2D eigenvalue weighted by Gasteiger charge is -2.09. The third-order valence-electron chi connectivity index (χ3n) is 5.83. The van der Waals surface area contributed by atoms with Gasteiger partial charge in [0.05, 0.1) is 5.52 Å². The van der Waals surface area contributed by atoms with Crippen LogP contribution in [-0.2, 0) is 6.42 Å². The van der Waals surface area contributed by atoms with Crippen LogP contribution in [0.1, 0.15) is 89.7 Å². The summed E-state index contributed by atoms with van der Waals surface area (Å²) in [5, 5.41) is 1.27. The Morgan fingerprint density at radius 1 is 0.690 bits per heavy atom. The van der Waals surface area contributed by atoms with Gasteiger partial charge in [0.1, 0.15) is 0 Å². The van der Waals surface area contributed by atoms with Crippen molar-refractivity contribution in [1.29, 1.82) is 0 Å². The minimum Gasteiger partial charge on any atom is -0.282 e. The van der Waals surface area contributed by atoms with Gasteiger partial charge in [0.2, 0.25) is 5.95 Å². The predicted octanol–water partition coefficient (Wildman–Crippen LogP) is 7.66. The molecule has 0 atom stereocenters. The van der Waals surface area contributed by atoms with E-state index in [-0.39, 0.29) is 0 Å². The van der Waals surface area contributed by atoms with Crippen LogP contribution in [0.5, 0.6) is 0 Å². The largest absolute Gasteiger partial charge is 0.282 e. The van der Waals surface area contributed by atoms with Crippen LogP contribution in [0.2, 0.25) is 0 Å². The second-order valence-corrected chi connectivity index (χ2v) is 8.22. The van der Waals surface area contributed by atoms with Crippen LogP contribution in [0.15, 0.2) is 48.8 Å². The van der Waals surface area contributed by atoms with Crippen molar-refractivity contribution in [3.8, 4) is 5.95 Å². The van der Waals surface area contributed by atoms with Gasteiger partial charge in [0.25, 0.3) is 0 Å². The zero-order chi connectivity index (χ0) is 20.2. The number of fused-ring (bicyclic) bond motifs is 1. The van der Waals surface area contributed by atoms with Gasteiger partial charge in [-0.05, 0) is 31.0 Å². The molecule has 0 radical (unpaired) electrons. The molecule has 0 bridgehead atoms. The Morgan fingerprint density at radius 2 is 1.28 bits per heavy atom. The van der Waals surface area contributed by atoms with Crippen molar-refractivity contribution in [2.45, 2.75) is 90.4 Å². The van der Waals surface area contributed by atoms with Gasteiger partial charge in [-0.1, -0.05) is 95.8 Å². The molecule has 0 spiro atoms. The van der Waals surface area contributed by atoms with E-state index in [9.17, 15) is 0 Å². The summed E-state index contributed by atoms with van der Waals surface area (Å²) in [7, 11) is 0. The van der Waals surface area contributed by atoms with E-state index in [0.29, 0.717) is 0 Å². The molecule has 3 rings (SSSR count). The number of benzene rings is 1. The van der Waals surface area contributed by atoms with Crippen molar-refractivity contribution in [2.75, 3.05) is 0 Å². The van der Waals surface area contributed by atoms with E-state index in [2.05, 4.69) is 51.8 Å². The monoisotopic (exact) mass is 391 g/mol. The van der Waals surface area contributed by atoms with E-state index in [1.165, 1.54) is 93.6 Å². The zero-order valence-electron chi connectivity index (χ0n) is 18.2. The molecule has 0 saturated carbocycles. The van der Waals surface area contributed by atoms with Crippen LogP contribution in [0.25, 0.3) is 16.9 Å². The van der Waals surface area contributed by atoms with E-state index >= 15 is 0 Å². The Balaban J connectivity index is 1.40. The molecule has 0 aliphatic heterocycles. The SMILES string of the molecule is CCCCCCCCCCCCCCc1cc2ccccc2n1-c1ncccn1. The summed E-state index contributed by atoms with van der Waals surface area (Å²) >= 11 is 0. The molecule has 0 unspecified atom stereocenters. The molecular weight excluding hydrogens is 354 g/mol. The molecular formula is C26H37N3. The van der Waals surface area contributed by atoms with Crippen molar-refractivity contribution >= 4 is 10.9 Å². The minimum atomic E-state index is 0.780. The molecule has 156 valence electrons. The maximum atomic E-state index is 4.49. The van der Waals surface area contributed by atoms with Crippen molar-refractivity contribution in [3.05, 3.63) is 54.5 Å². The summed E-state index contributed by atoms with van der Waals surface area (Å²) in [6.45, 7) is 2.29. The van der Waals surface area contributed by atoms with E-state index < -0.39 is 0 Å². The summed E-state index contributed by atoms with van der Waals surface area (Å²) in [4.78, 5) is 8.99. The molecule has 3 heteroatoms. The van der Waals surface area contributed by atoms with Crippen molar-refractivity contribution in [2.24, 2.45) is 0 Å². The van der Waals surface area contributed by atoms with Crippen LogP contribution < -0.4 is 0 Å². The normalized spacial score (nSPS) is 11.3. The molecule has 0 saturated heterocycles. The van der Waals surface area contributed by atoms with Crippen LogP contribution in [-0.4, -0.2) is 14.5 Å². The fourth-order valence-corrected chi connectivity index (χ4v) is 4.19. The first kappa shape index (κ1) is 21.5. The summed E-state index contributed by atoms with van der Waals surface area (Å²) < 4.78 is 2.23. The lowest BCUT2D eigenvalue weighted by Crippen LogP contribution is -2.04. The predicted molar refractivity (Wildman–Crippen MR) is 124 cm³/mol. The lowest BCUT2D eigenvalue weighted by atomic mass is 10.0. The lowest BCUT2D eigenvalue weighted by molar-refractivity contribution is 0.543. The quantitative estimate of drug-likeness (QED) is 0.264. The van der Waals surface area contributed by atoms with Crippen LogP contribution in [0.3, 0.4) is 0 Å². The van der Waals surface area contributed by atoms with Crippen LogP contribution in [0, 0.1) is 0 Å². The molecule has 0 fully saturated rings. The summed E-state index contributed by atoms with van der Waals surface area (Å²) in [6, 6.07) is 12.7. The number of hydrogen-bond acceptors (Lipinski definition) is 2. The second-order valence-electron chi connectivity index (χ2n) is 8.22. The summed E-state index contributed by atoms with van der Waals surface area (Å²) in [5.74, 6) is 0.780. The van der Waals surface area contributed by atoms with Gasteiger partial charge in [0.15, 0.2) is 0 Å². The van der Waals surface area contributed by atoms with Gasteiger partial charge in [-0.3, -0.25) is 4.57 Å². The first-order valence-corrected chi connectivity index (χ1v) is 11.8. The van der Waals surface area contributed by atoms with E-state index in [0.717, 1.165) is 12.4 Å². The summed E-state index contributed by atoms with van der Waals surface area (Å²) in [5.41, 5.74) is 2.53. The van der Waals surface area contributed by atoms with Crippen molar-refractivity contribution < 1.29 is 0 Å². The van der Waals surface area contributed by atoms with Crippen molar-refractivity contribution in [1.82, 2.24) is 14.5 Å². The summed E-state index contributed by atoms with van der Waals surface area (Å²) in [6.07, 6.45) is 21.4. The Morgan fingerprint density at radius 3 is 1.93 bits per heavy atom. The van der Waals surface area contributed by atoms with Crippen LogP contribution in [0.4, 0.5) is 0 Å². The van der Waals surface area contributed by atoms with Gasteiger partial charge >= 0.3 is 0 Å². The van der Waals surface area contributed by atoms with Gasteiger partial charge in [-0.15, -0.1) is 0 Å². The molecule has 0 amide bonds. The van der Waals surface area contributed by atoms with Gasteiger partial charge in [-0.2, -0.15) is 0 Å².